The van der Waals surface area contributed by atoms with Gasteiger partial charge >= 0.3 is 0 Å². The van der Waals surface area contributed by atoms with Crippen LogP contribution in [0.15, 0.2) is 43.0 Å². The van der Waals surface area contributed by atoms with E-state index in [2.05, 4.69) is 53.2 Å². The van der Waals surface area contributed by atoms with Crippen molar-refractivity contribution in [3.63, 3.8) is 0 Å². The molecule has 2 aliphatic rings. The zero-order chi connectivity index (χ0) is 13.1. The Morgan fingerprint density at radius 1 is 1.26 bits per heavy atom. The van der Waals surface area contributed by atoms with E-state index in [4.69, 9.17) is 0 Å². The van der Waals surface area contributed by atoms with Crippen LogP contribution in [0.1, 0.15) is 37.3 Å². The van der Waals surface area contributed by atoms with Gasteiger partial charge in [0.05, 0.1) is 0 Å². The fourth-order valence-electron chi connectivity index (χ4n) is 3.76. The zero-order valence-electron chi connectivity index (χ0n) is 11.6. The van der Waals surface area contributed by atoms with Gasteiger partial charge in [0.1, 0.15) is 0 Å². The summed E-state index contributed by atoms with van der Waals surface area (Å²) >= 11 is 0. The molecule has 2 fully saturated rings. The first-order chi connectivity index (χ1) is 9.34. The van der Waals surface area contributed by atoms with Crippen LogP contribution in [0.4, 0.5) is 0 Å². The zero-order valence-corrected chi connectivity index (χ0v) is 11.6. The Bertz CT molecular complexity index is 420. The maximum Gasteiger partial charge on any atom is 0.0450 e. The summed E-state index contributed by atoms with van der Waals surface area (Å²) in [5.74, 6) is 0. The largest absolute Gasteiger partial charge is 0.307 e. The van der Waals surface area contributed by atoms with Crippen molar-refractivity contribution in [1.29, 1.82) is 0 Å². The molecule has 1 unspecified atom stereocenters. The quantitative estimate of drug-likeness (QED) is 0.836. The van der Waals surface area contributed by atoms with Crippen LogP contribution in [0.3, 0.4) is 0 Å². The van der Waals surface area contributed by atoms with Crippen molar-refractivity contribution < 1.29 is 0 Å². The van der Waals surface area contributed by atoms with Crippen molar-refractivity contribution in [1.82, 2.24) is 10.2 Å². The Labute approximate surface area is 116 Å². The maximum atomic E-state index is 3.95. The van der Waals surface area contributed by atoms with Gasteiger partial charge in [-0.05, 0) is 18.4 Å². The van der Waals surface area contributed by atoms with Gasteiger partial charge in [-0.25, -0.2) is 0 Å². The van der Waals surface area contributed by atoms with Crippen molar-refractivity contribution >= 4 is 0 Å². The number of hydrogen-bond donors (Lipinski definition) is 1. The summed E-state index contributed by atoms with van der Waals surface area (Å²) in [6.45, 7) is 7.20. The predicted octanol–water partition coefficient (Wildman–Crippen LogP) is 3.13. The van der Waals surface area contributed by atoms with Gasteiger partial charge in [0.15, 0.2) is 0 Å². The molecule has 1 aliphatic carbocycles. The van der Waals surface area contributed by atoms with Crippen LogP contribution in [0.5, 0.6) is 0 Å². The Morgan fingerprint density at radius 3 is 2.68 bits per heavy atom. The normalized spacial score (nSPS) is 26.6. The second kappa shape index (κ2) is 5.48. The van der Waals surface area contributed by atoms with Crippen molar-refractivity contribution in [3.05, 3.63) is 48.6 Å². The van der Waals surface area contributed by atoms with Crippen molar-refractivity contribution in [2.45, 2.75) is 37.3 Å². The van der Waals surface area contributed by atoms with E-state index in [0.717, 1.165) is 19.6 Å². The molecule has 0 bridgehead atoms. The third-order valence-electron chi connectivity index (χ3n) is 4.84. The number of benzene rings is 1. The molecule has 2 nitrogen and oxygen atoms in total. The molecule has 0 aromatic heterocycles. The first-order valence-electron chi connectivity index (χ1n) is 7.48. The van der Waals surface area contributed by atoms with Crippen LogP contribution in [0.25, 0.3) is 0 Å². The van der Waals surface area contributed by atoms with Gasteiger partial charge in [-0.1, -0.05) is 49.2 Å². The molecule has 2 heteroatoms. The van der Waals surface area contributed by atoms with E-state index in [9.17, 15) is 0 Å². The van der Waals surface area contributed by atoms with Crippen LogP contribution in [0.2, 0.25) is 0 Å². The molecule has 0 amide bonds. The molecular formula is C17H24N2. The van der Waals surface area contributed by atoms with Crippen LogP contribution in [-0.4, -0.2) is 30.1 Å². The Hall–Kier alpha value is -1.12. The fraction of sp³-hybridized carbons (Fsp3) is 0.529. The van der Waals surface area contributed by atoms with Crippen LogP contribution in [-0.2, 0) is 0 Å². The number of nitrogens with one attached hydrogen (secondary N) is 1. The molecule has 1 heterocycles. The highest BCUT2D eigenvalue weighted by Crippen LogP contribution is 2.38. The summed E-state index contributed by atoms with van der Waals surface area (Å²) in [6.07, 6.45) is 7.51. The topological polar surface area (TPSA) is 15.3 Å². The van der Waals surface area contributed by atoms with Gasteiger partial charge in [-0.3, -0.25) is 4.90 Å². The highest BCUT2D eigenvalue weighted by molar-refractivity contribution is 5.21. The van der Waals surface area contributed by atoms with E-state index in [-0.39, 0.29) is 0 Å². The minimum Gasteiger partial charge on any atom is -0.307 e. The molecule has 1 saturated carbocycles. The summed E-state index contributed by atoms with van der Waals surface area (Å²) < 4.78 is 0. The SMILES string of the molecule is C=CCN1CC(c2ccccc2)NCC12CCCC2. The van der Waals surface area contributed by atoms with E-state index < -0.39 is 0 Å². The predicted molar refractivity (Wildman–Crippen MR) is 80.2 cm³/mol. The maximum absolute atomic E-state index is 3.95. The summed E-state index contributed by atoms with van der Waals surface area (Å²) in [7, 11) is 0. The summed E-state index contributed by atoms with van der Waals surface area (Å²) in [5, 5.41) is 3.78. The average Bonchev–Trinajstić information content (AvgIpc) is 2.92. The number of nitrogens with zero attached hydrogens (tertiary/aromatic N) is 1. The van der Waals surface area contributed by atoms with Crippen molar-refractivity contribution in [2.24, 2.45) is 0 Å². The first kappa shape index (κ1) is 12.9. The standard InChI is InChI=1S/C17H24N2/c1-2-12-19-13-16(15-8-4-3-5-9-15)18-14-17(19)10-6-7-11-17/h2-5,8-9,16,18H,1,6-7,10-14H2. The van der Waals surface area contributed by atoms with Crippen LogP contribution < -0.4 is 5.32 Å². The monoisotopic (exact) mass is 256 g/mol. The molecule has 102 valence electrons. The lowest BCUT2D eigenvalue weighted by molar-refractivity contribution is 0.0541. The van der Waals surface area contributed by atoms with E-state index in [1.54, 1.807) is 0 Å². The molecule has 1 N–H and O–H groups in total. The summed E-state index contributed by atoms with van der Waals surface area (Å²) in [4.78, 5) is 2.67. The molecule has 1 aromatic rings. The highest BCUT2D eigenvalue weighted by Gasteiger charge is 2.42. The lowest BCUT2D eigenvalue weighted by Gasteiger charge is -2.48. The van der Waals surface area contributed by atoms with E-state index in [0.29, 0.717) is 11.6 Å². The number of hydrogen-bond acceptors (Lipinski definition) is 2. The molecule has 1 aromatic carbocycles. The Balaban J connectivity index is 1.78. The van der Waals surface area contributed by atoms with Gasteiger partial charge < -0.3 is 5.32 Å². The molecular weight excluding hydrogens is 232 g/mol. The van der Waals surface area contributed by atoms with Crippen LogP contribution in [0, 0.1) is 0 Å². The minimum atomic E-state index is 0.402. The third-order valence-corrected chi connectivity index (χ3v) is 4.84. The van der Waals surface area contributed by atoms with Gasteiger partial charge in [-0.15, -0.1) is 6.58 Å². The van der Waals surface area contributed by atoms with E-state index in [1.165, 1.54) is 31.2 Å². The van der Waals surface area contributed by atoms with Gasteiger partial charge in [-0.2, -0.15) is 0 Å². The fourth-order valence-corrected chi connectivity index (χ4v) is 3.76. The van der Waals surface area contributed by atoms with Crippen molar-refractivity contribution in [2.75, 3.05) is 19.6 Å². The van der Waals surface area contributed by atoms with Crippen LogP contribution >= 0.6 is 0 Å². The molecule has 0 radical (unpaired) electrons. The number of rotatable bonds is 3. The molecule has 1 atom stereocenters. The lowest BCUT2D eigenvalue weighted by atomic mass is 9.89. The van der Waals surface area contributed by atoms with E-state index in [1.807, 2.05) is 0 Å². The molecule has 1 saturated heterocycles. The Kier molecular flexibility index (Phi) is 3.72. The summed E-state index contributed by atoms with van der Waals surface area (Å²) in [6, 6.07) is 11.3. The molecule has 3 rings (SSSR count). The van der Waals surface area contributed by atoms with Gasteiger partial charge in [0, 0.05) is 31.2 Å². The van der Waals surface area contributed by atoms with Gasteiger partial charge in [0.2, 0.25) is 0 Å². The average molecular weight is 256 g/mol. The van der Waals surface area contributed by atoms with Gasteiger partial charge in [0.25, 0.3) is 0 Å². The molecule has 1 aliphatic heterocycles. The first-order valence-corrected chi connectivity index (χ1v) is 7.48. The third kappa shape index (κ3) is 2.47. The smallest absolute Gasteiger partial charge is 0.0450 e. The second-order valence-electron chi connectivity index (χ2n) is 5.97. The molecule has 19 heavy (non-hydrogen) atoms. The number of piperazine rings is 1. The minimum absolute atomic E-state index is 0.402. The Morgan fingerprint density at radius 2 is 2.00 bits per heavy atom. The highest BCUT2D eigenvalue weighted by atomic mass is 15.3. The van der Waals surface area contributed by atoms with Crippen molar-refractivity contribution in [3.8, 4) is 0 Å². The summed E-state index contributed by atoms with van der Waals surface area (Å²) in [5.41, 5.74) is 1.81. The second-order valence-corrected chi connectivity index (χ2v) is 5.97. The van der Waals surface area contributed by atoms with E-state index >= 15 is 0 Å². The molecule has 1 spiro atoms. The lowest BCUT2D eigenvalue weighted by Crippen LogP contribution is -2.60.